The highest BCUT2D eigenvalue weighted by molar-refractivity contribution is 6.30. The number of rotatable bonds is 4. The summed E-state index contributed by atoms with van der Waals surface area (Å²) in [5, 5.41) is 12.4. The smallest absolute Gasteiger partial charge is 0.325 e. The van der Waals surface area contributed by atoms with Crippen LogP contribution in [0.25, 0.3) is 0 Å². The highest BCUT2D eigenvalue weighted by Gasteiger charge is 2.20. The molecule has 0 heterocycles. The van der Waals surface area contributed by atoms with E-state index in [0.29, 0.717) is 10.6 Å². The van der Waals surface area contributed by atoms with Crippen LogP contribution in [0.15, 0.2) is 18.2 Å². The molecule has 1 atom stereocenters. The van der Waals surface area contributed by atoms with Gasteiger partial charge in [0.25, 0.3) is 0 Å². The monoisotopic (exact) mass is 237 g/mol. The average Bonchev–Trinajstić information content (AvgIpc) is 2.20. The zero-order valence-corrected chi connectivity index (χ0v) is 9.58. The molecule has 16 heavy (non-hydrogen) atoms. The molecule has 0 aliphatic carbocycles. The van der Waals surface area contributed by atoms with Crippen molar-refractivity contribution >= 4 is 17.6 Å². The molecule has 1 aromatic rings. The maximum Gasteiger partial charge on any atom is 0.325 e. The Bertz CT molecular complexity index is 437. The molecule has 2 N–H and O–H groups in total. The zero-order chi connectivity index (χ0) is 12.1. The predicted molar refractivity (Wildman–Crippen MR) is 63.4 cm³/mol. The van der Waals surface area contributed by atoms with Gasteiger partial charge >= 0.3 is 5.97 Å². The topological polar surface area (TPSA) is 49.3 Å². The maximum absolute atomic E-state index is 11.1. The zero-order valence-electron chi connectivity index (χ0n) is 8.83. The van der Waals surface area contributed by atoms with Crippen LogP contribution < -0.4 is 5.32 Å². The molecule has 0 bridgehead atoms. The van der Waals surface area contributed by atoms with Crippen LogP contribution in [0.1, 0.15) is 17.2 Å². The number of carbonyl (C=O) groups is 1. The summed E-state index contributed by atoms with van der Waals surface area (Å²) in [6, 6.07) is 4.29. The minimum atomic E-state index is -0.958. The van der Waals surface area contributed by atoms with Crippen molar-refractivity contribution in [3.8, 4) is 12.3 Å². The predicted octanol–water partition coefficient (Wildman–Crippen LogP) is 2.00. The van der Waals surface area contributed by atoms with E-state index in [4.69, 9.17) is 23.1 Å². The van der Waals surface area contributed by atoms with Crippen LogP contribution in [-0.4, -0.2) is 17.6 Å². The molecular formula is C12H12ClNO2. The summed E-state index contributed by atoms with van der Waals surface area (Å²) in [6.07, 6.45) is 5.09. The van der Waals surface area contributed by atoms with Gasteiger partial charge < -0.3 is 5.11 Å². The lowest BCUT2D eigenvalue weighted by Crippen LogP contribution is -2.29. The lowest BCUT2D eigenvalue weighted by molar-refractivity contribution is -0.139. The fourth-order valence-electron chi connectivity index (χ4n) is 1.45. The lowest BCUT2D eigenvalue weighted by Gasteiger charge is -2.15. The third-order valence-corrected chi connectivity index (χ3v) is 2.43. The van der Waals surface area contributed by atoms with E-state index in [-0.39, 0.29) is 6.54 Å². The largest absolute Gasteiger partial charge is 0.480 e. The first-order chi connectivity index (χ1) is 7.56. The maximum atomic E-state index is 11.1. The standard InChI is InChI=1S/C12H12ClNO2/c1-3-6-14-11(12(15)16)10-5-4-9(13)7-8(10)2/h1,4-5,7,11,14H,6H2,2H3,(H,15,16). The number of carboxylic acid groups (broad SMARTS) is 1. The van der Waals surface area contributed by atoms with Crippen molar-refractivity contribution in [2.45, 2.75) is 13.0 Å². The molecule has 1 rings (SSSR count). The van der Waals surface area contributed by atoms with Crippen molar-refractivity contribution in [3.63, 3.8) is 0 Å². The number of nitrogens with one attached hydrogen (secondary N) is 1. The Labute approximate surface area is 99.4 Å². The van der Waals surface area contributed by atoms with Gasteiger partial charge in [0.1, 0.15) is 6.04 Å². The van der Waals surface area contributed by atoms with Gasteiger partial charge in [0.15, 0.2) is 0 Å². The number of terminal acetylenes is 1. The Balaban J connectivity index is 3.02. The normalized spacial score (nSPS) is 11.8. The van der Waals surface area contributed by atoms with Crippen molar-refractivity contribution < 1.29 is 9.90 Å². The van der Waals surface area contributed by atoms with Crippen molar-refractivity contribution in [1.82, 2.24) is 5.32 Å². The van der Waals surface area contributed by atoms with Gasteiger partial charge in [0.05, 0.1) is 6.54 Å². The van der Waals surface area contributed by atoms with Crippen LogP contribution in [-0.2, 0) is 4.79 Å². The summed E-state index contributed by atoms with van der Waals surface area (Å²) in [4.78, 5) is 11.1. The molecule has 0 aliphatic heterocycles. The molecule has 0 radical (unpaired) electrons. The number of hydrogen-bond donors (Lipinski definition) is 2. The molecule has 84 valence electrons. The highest BCUT2D eigenvalue weighted by Crippen LogP contribution is 2.21. The van der Waals surface area contributed by atoms with Gasteiger partial charge in [-0.05, 0) is 30.2 Å². The van der Waals surface area contributed by atoms with Gasteiger partial charge in [0.2, 0.25) is 0 Å². The molecule has 3 nitrogen and oxygen atoms in total. The van der Waals surface area contributed by atoms with E-state index in [1.54, 1.807) is 18.2 Å². The summed E-state index contributed by atoms with van der Waals surface area (Å²) in [7, 11) is 0. The fraction of sp³-hybridized carbons (Fsp3) is 0.250. The number of aryl methyl sites for hydroxylation is 1. The van der Waals surface area contributed by atoms with Gasteiger partial charge in [0, 0.05) is 5.02 Å². The fourth-order valence-corrected chi connectivity index (χ4v) is 1.68. The SMILES string of the molecule is C#CCNC(C(=O)O)c1ccc(Cl)cc1C. The van der Waals surface area contributed by atoms with Crippen LogP contribution in [0.2, 0.25) is 5.02 Å². The van der Waals surface area contributed by atoms with Gasteiger partial charge in [-0.3, -0.25) is 10.1 Å². The van der Waals surface area contributed by atoms with Crippen LogP contribution >= 0.6 is 11.6 Å². The second-order valence-electron chi connectivity index (χ2n) is 3.36. The van der Waals surface area contributed by atoms with E-state index >= 15 is 0 Å². The molecule has 1 aromatic carbocycles. The quantitative estimate of drug-likeness (QED) is 0.788. The summed E-state index contributed by atoms with van der Waals surface area (Å²) >= 11 is 5.81. The van der Waals surface area contributed by atoms with Gasteiger partial charge in [-0.25, -0.2) is 0 Å². The van der Waals surface area contributed by atoms with E-state index in [9.17, 15) is 4.79 Å². The summed E-state index contributed by atoms with van der Waals surface area (Å²) in [6.45, 7) is 2.02. The van der Waals surface area contributed by atoms with Crippen LogP contribution in [0.5, 0.6) is 0 Å². The third kappa shape index (κ3) is 2.99. The van der Waals surface area contributed by atoms with Gasteiger partial charge in [-0.1, -0.05) is 23.6 Å². The van der Waals surface area contributed by atoms with Gasteiger partial charge in [-0.2, -0.15) is 0 Å². The molecule has 0 fully saturated rings. The van der Waals surface area contributed by atoms with Crippen molar-refractivity contribution in [2.24, 2.45) is 0 Å². The lowest BCUT2D eigenvalue weighted by atomic mass is 10.0. The number of hydrogen-bond acceptors (Lipinski definition) is 2. The summed E-state index contributed by atoms with van der Waals surface area (Å²) in [5.74, 6) is 1.40. The van der Waals surface area contributed by atoms with Crippen LogP contribution in [0.3, 0.4) is 0 Å². The first kappa shape index (κ1) is 12.6. The Morgan fingerprint density at radius 1 is 1.69 bits per heavy atom. The Morgan fingerprint density at radius 3 is 2.88 bits per heavy atom. The van der Waals surface area contributed by atoms with Crippen LogP contribution in [0.4, 0.5) is 0 Å². The molecule has 4 heteroatoms. The third-order valence-electron chi connectivity index (χ3n) is 2.20. The molecule has 0 amide bonds. The van der Waals surface area contributed by atoms with E-state index in [0.717, 1.165) is 5.56 Å². The molecular weight excluding hydrogens is 226 g/mol. The molecule has 1 unspecified atom stereocenters. The Morgan fingerprint density at radius 2 is 2.38 bits per heavy atom. The molecule has 0 aliphatic rings. The molecule has 0 saturated heterocycles. The van der Waals surface area contributed by atoms with Crippen molar-refractivity contribution in [1.29, 1.82) is 0 Å². The molecule has 0 aromatic heterocycles. The highest BCUT2D eigenvalue weighted by atomic mass is 35.5. The van der Waals surface area contributed by atoms with Crippen LogP contribution in [0, 0.1) is 19.3 Å². The average molecular weight is 238 g/mol. The number of halogens is 1. The van der Waals surface area contributed by atoms with Crippen molar-refractivity contribution in [3.05, 3.63) is 34.3 Å². The van der Waals surface area contributed by atoms with E-state index in [2.05, 4.69) is 11.2 Å². The summed E-state index contributed by atoms with van der Waals surface area (Å²) in [5.41, 5.74) is 1.50. The molecule has 0 spiro atoms. The number of aliphatic carboxylic acids is 1. The number of carboxylic acids is 1. The first-order valence-corrected chi connectivity index (χ1v) is 5.09. The van der Waals surface area contributed by atoms with E-state index < -0.39 is 12.0 Å². The van der Waals surface area contributed by atoms with Crippen molar-refractivity contribution in [2.75, 3.05) is 6.54 Å². The first-order valence-electron chi connectivity index (χ1n) is 4.72. The number of benzene rings is 1. The Hall–Kier alpha value is -1.50. The molecule has 0 saturated carbocycles. The van der Waals surface area contributed by atoms with E-state index in [1.807, 2.05) is 6.92 Å². The minimum absolute atomic E-state index is 0.207. The Kier molecular flexibility index (Phi) is 4.36. The van der Waals surface area contributed by atoms with E-state index in [1.165, 1.54) is 0 Å². The minimum Gasteiger partial charge on any atom is -0.480 e. The second-order valence-corrected chi connectivity index (χ2v) is 3.79. The summed E-state index contributed by atoms with van der Waals surface area (Å²) < 4.78 is 0. The second kappa shape index (κ2) is 5.55. The van der Waals surface area contributed by atoms with Gasteiger partial charge in [-0.15, -0.1) is 6.42 Å².